The van der Waals surface area contributed by atoms with Gasteiger partial charge in [0.15, 0.2) is 24.8 Å². The molecule has 1 aromatic rings. The van der Waals surface area contributed by atoms with Crippen molar-refractivity contribution in [2.45, 2.75) is 138 Å². The van der Waals surface area contributed by atoms with Gasteiger partial charge in [0.2, 0.25) is 0 Å². The summed E-state index contributed by atoms with van der Waals surface area (Å²) in [5, 5.41) is 73.1. The van der Waals surface area contributed by atoms with Gasteiger partial charge in [0.1, 0.15) is 48.8 Å². The maximum absolute atomic E-state index is 13.4. The van der Waals surface area contributed by atoms with Crippen LogP contribution in [0.4, 0.5) is 0 Å². The van der Waals surface area contributed by atoms with E-state index in [1.165, 1.54) is 19.1 Å². The lowest BCUT2D eigenvalue weighted by Crippen LogP contribution is -2.64. The second kappa shape index (κ2) is 17.9. The van der Waals surface area contributed by atoms with Crippen molar-refractivity contribution in [1.82, 2.24) is 0 Å². The number of carboxylic acid groups (broad SMARTS) is 1. The summed E-state index contributed by atoms with van der Waals surface area (Å²) in [6, 6.07) is 7.95. The molecule has 14 atom stereocenters. The first-order valence-electron chi connectivity index (χ1n) is 17.3. The number of aliphatic hydroxyl groups excluding tert-OH is 6. The molecule has 1 aromatic carbocycles. The molecule has 16 nitrogen and oxygen atoms in total. The number of benzene rings is 1. The van der Waals surface area contributed by atoms with Gasteiger partial charge in [-0.2, -0.15) is 0 Å². The minimum absolute atomic E-state index is 0.0667. The fourth-order valence-electron chi connectivity index (χ4n) is 7.09. The number of hydrogen-bond donors (Lipinski definition) is 7. The molecule has 3 aliphatic heterocycles. The highest BCUT2D eigenvalue weighted by Gasteiger charge is 2.53. The lowest BCUT2D eigenvalue weighted by Gasteiger charge is -2.47. The SMILES string of the molecule is C[C@@H]1O[C@@H](O[C@@H]2[C@@H](CO)OCC[C@H]2O[C@@H]2O[C@H](CO)[C@H](O)[C@H](O[C@@H](CC3CCCCC3)C(=O)O)[C@H]2OC(=O)c2ccccc2)[C@@H](O)[C@H](O)[C@@H]1O. The summed E-state index contributed by atoms with van der Waals surface area (Å²) in [5.74, 6) is -2.04. The zero-order valence-electron chi connectivity index (χ0n) is 27.9. The van der Waals surface area contributed by atoms with Gasteiger partial charge < -0.3 is 68.9 Å². The van der Waals surface area contributed by atoms with Crippen LogP contribution in [0.25, 0.3) is 0 Å². The van der Waals surface area contributed by atoms with E-state index in [1.807, 2.05) is 0 Å². The second-order valence-corrected chi connectivity index (χ2v) is 13.5. The van der Waals surface area contributed by atoms with Crippen LogP contribution in [-0.4, -0.2) is 153 Å². The molecule has 0 radical (unpaired) electrons. The van der Waals surface area contributed by atoms with Crippen LogP contribution in [0.5, 0.6) is 0 Å². The molecule has 0 bridgehead atoms. The Labute approximate surface area is 289 Å². The van der Waals surface area contributed by atoms with Gasteiger partial charge in [-0.15, -0.1) is 0 Å². The fourth-order valence-corrected chi connectivity index (χ4v) is 7.09. The topological polar surface area (TPSA) is 240 Å². The third kappa shape index (κ3) is 9.18. The highest BCUT2D eigenvalue weighted by atomic mass is 16.8. The minimum atomic E-state index is -1.68. The van der Waals surface area contributed by atoms with Crippen LogP contribution in [0.15, 0.2) is 30.3 Å². The highest BCUT2D eigenvalue weighted by Crippen LogP contribution is 2.35. The molecular formula is C34H50O16. The average Bonchev–Trinajstić information content (AvgIpc) is 3.12. The van der Waals surface area contributed by atoms with E-state index in [-0.39, 0.29) is 30.9 Å². The van der Waals surface area contributed by atoms with Crippen LogP contribution in [0.1, 0.15) is 62.2 Å². The fraction of sp³-hybridized carbons (Fsp3) is 0.765. The maximum Gasteiger partial charge on any atom is 0.338 e. The van der Waals surface area contributed by atoms with Crippen LogP contribution in [0, 0.1) is 5.92 Å². The van der Waals surface area contributed by atoms with Crippen LogP contribution >= 0.6 is 0 Å². The van der Waals surface area contributed by atoms with Crippen LogP contribution in [-0.2, 0) is 38.0 Å². The van der Waals surface area contributed by atoms with E-state index >= 15 is 0 Å². The van der Waals surface area contributed by atoms with E-state index in [4.69, 9.17) is 33.2 Å². The quantitative estimate of drug-likeness (QED) is 0.127. The van der Waals surface area contributed by atoms with E-state index in [2.05, 4.69) is 0 Å². The third-order valence-corrected chi connectivity index (χ3v) is 9.98. The maximum atomic E-state index is 13.4. The molecule has 0 amide bonds. The number of aliphatic hydroxyl groups is 6. The molecule has 5 rings (SSSR count). The molecule has 16 heteroatoms. The smallest absolute Gasteiger partial charge is 0.338 e. The second-order valence-electron chi connectivity index (χ2n) is 13.5. The Morgan fingerprint density at radius 3 is 2.16 bits per heavy atom. The first-order valence-corrected chi connectivity index (χ1v) is 17.3. The molecule has 50 heavy (non-hydrogen) atoms. The lowest BCUT2D eigenvalue weighted by molar-refractivity contribution is -0.356. The monoisotopic (exact) mass is 714 g/mol. The van der Waals surface area contributed by atoms with Gasteiger partial charge in [0, 0.05) is 6.61 Å². The minimum Gasteiger partial charge on any atom is -0.479 e. The van der Waals surface area contributed by atoms with Gasteiger partial charge in [-0.05, 0) is 37.8 Å². The molecule has 0 spiro atoms. The van der Waals surface area contributed by atoms with Crippen LogP contribution in [0.2, 0.25) is 0 Å². The van der Waals surface area contributed by atoms with Crippen molar-refractivity contribution >= 4 is 11.9 Å². The number of esters is 1. The van der Waals surface area contributed by atoms with Gasteiger partial charge >= 0.3 is 11.9 Å². The first kappa shape index (κ1) is 38.9. The zero-order chi connectivity index (χ0) is 35.9. The van der Waals surface area contributed by atoms with Crippen molar-refractivity contribution in [3.05, 3.63) is 35.9 Å². The van der Waals surface area contributed by atoms with E-state index in [0.717, 1.165) is 32.1 Å². The summed E-state index contributed by atoms with van der Waals surface area (Å²) < 4.78 is 41.7. The molecule has 4 aliphatic rings. The van der Waals surface area contributed by atoms with Crippen molar-refractivity contribution < 1.29 is 78.5 Å². The summed E-state index contributed by atoms with van der Waals surface area (Å²) in [4.78, 5) is 25.9. The molecule has 3 heterocycles. The number of ether oxygens (including phenoxy) is 7. The highest BCUT2D eigenvalue weighted by molar-refractivity contribution is 5.89. The zero-order valence-corrected chi connectivity index (χ0v) is 27.9. The Bertz CT molecular complexity index is 1210. The molecule has 0 aromatic heterocycles. The van der Waals surface area contributed by atoms with Crippen LogP contribution in [0.3, 0.4) is 0 Å². The number of carbonyl (C=O) groups excluding carboxylic acids is 1. The average molecular weight is 715 g/mol. The van der Waals surface area contributed by atoms with E-state index in [9.17, 15) is 45.3 Å². The first-order chi connectivity index (χ1) is 24.0. The molecule has 282 valence electrons. The summed E-state index contributed by atoms with van der Waals surface area (Å²) in [6.07, 6.45) is -14.5. The van der Waals surface area contributed by atoms with Crippen molar-refractivity contribution in [2.24, 2.45) is 5.92 Å². The number of aliphatic carboxylic acids is 1. The summed E-state index contributed by atoms with van der Waals surface area (Å²) in [6.45, 7) is 0.258. The standard InChI is InChI=1S/C34H50O16/c1-17-24(37)26(39)27(40)33(45-17)50-28-20(12-13-44-23(28)16-36)47-34-30(49-32(43)19-10-6-3-7-11-19)29(25(38)22(15-35)48-34)46-21(31(41)42)14-18-8-4-2-5-9-18/h3,6-7,10-11,17-18,20-30,33-40H,2,4-5,8-9,12-16H2,1H3,(H,41,42)/t17-,20+,21-,22+,23+,24+,25-,26+,27-,28-,29-,30+,33-,34+/m0/s1. The Hall–Kier alpha value is -2.32. The Kier molecular flexibility index (Phi) is 14.0. The number of hydrogen-bond acceptors (Lipinski definition) is 15. The normalized spacial score (nSPS) is 39.1. The predicted molar refractivity (Wildman–Crippen MR) is 168 cm³/mol. The molecular weight excluding hydrogens is 664 g/mol. The van der Waals surface area contributed by atoms with E-state index in [1.54, 1.807) is 18.2 Å². The lowest BCUT2D eigenvalue weighted by atomic mass is 9.85. The number of rotatable bonds is 13. The largest absolute Gasteiger partial charge is 0.479 e. The van der Waals surface area contributed by atoms with Gasteiger partial charge in [0.05, 0.1) is 31.0 Å². The third-order valence-electron chi connectivity index (χ3n) is 9.98. The van der Waals surface area contributed by atoms with E-state index < -0.39 is 111 Å². The number of carbonyl (C=O) groups is 2. The van der Waals surface area contributed by atoms with Crippen molar-refractivity contribution in [1.29, 1.82) is 0 Å². The molecule has 1 saturated carbocycles. The molecule has 7 N–H and O–H groups in total. The summed E-state index contributed by atoms with van der Waals surface area (Å²) in [7, 11) is 0. The molecule has 3 saturated heterocycles. The summed E-state index contributed by atoms with van der Waals surface area (Å²) in [5.41, 5.74) is 0.145. The Balaban J connectivity index is 1.44. The van der Waals surface area contributed by atoms with Gasteiger partial charge in [0.25, 0.3) is 0 Å². The van der Waals surface area contributed by atoms with Crippen molar-refractivity contribution in [2.75, 3.05) is 19.8 Å². The summed E-state index contributed by atoms with van der Waals surface area (Å²) >= 11 is 0. The van der Waals surface area contributed by atoms with Crippen LogP contribution < -0.4 is 0 Å². The molecule has 1 aliphatic carbocycles. The predicted octanol–water partition coefficient (Wildman–Crippen LogP) is -0.522. The van der Waals surface area contributed by atoms with Gasteiger partial charge in [-0.25, -0.2) is 9.59 Å². The molecule has 4 fully saturated rings. The van der Waals surface area contributed by atoms with E-state index in [0.29, 0.717) is 0 Å². The van der Waals surface area contributed by atoms with Crippen molar-refractivity contribution in [3.8, 4) is 0 Å². The van der Waals surface area contributed by atoms with Crippen molar-refractivity contribution in [3.63, 3.8) is 0 Å². The Morgan fingerprint density at radius 1 is 0.800 bits per heavy atom. The molecule has 0 unspecified atom stereocenters. The number of carboxylic acids is 1. The van der Waals surface area contributed by atoms with Gasteiger partial charge in [-0.3, -0.25) is 0 Å². The Morgan fingerprint density at radius 2 is 1.50 bits per heavy atom. The van der Waals surface area contributed by atoms with Gasteiger partial charge in [-0.1, -0.05) is 50.3 Å².